The van der Waals surface area contributed by atoms with Gasteiger partial charge in [0.15, 0.2) is 17.3 Å². The monoisotopic (exact) mass is 849 g/mol. The van der Waals surface area contributed by atoms with E-state index in [1.165, 1.54) is 14.0 Å². The summed E-state index contributed by atoms with van der Waals surface area (Å²) >= 11 is 2.28. The Morgan fingerprint density at radius 3 is 1.53 bits per heavy atom. The fourth-order valence-corrected chi connectivity index (χ4v) is 8.13. The summed E-state index contributed by atoms with van der Waals surface area (Å²) in [6.07, 6.45) is 0. The van der Waals surface area contributed by atoms with Crippen molar-refractivity contribution < 1.29 is 57.1 Å². The lowest BCUT2D eigenvalue weighted by atomic mass is 10.2. The lowest BCUT2D eigenvalue weighted by Gasteiger charge is -2.26. The molecule has 6 rings (SSSR count). The number of anilines is 1. The first-order valence-corrected chi connectivity index (χ1v) is 20.8. The van der Waals surface area contributed by atoms with Crippen molar-refractivity contribution in [1.82, 2.24) is 9.80 Å². The molecule has 0 spiro atoms. The molecule has 4 amide bonds. The third-order valence-electron chi connectivity index (χ3n) is 9.18. The number of nitrogens with zero attached hydrogens (tertiary/aromatic N) is 3. The molecule has 0 N–H and O–H groups in total. The van der Waals surface area contributed by atoms with Gasteiger partial charge in [-0.1, -0.05) is 23.5 Å². The van der Waals surface area contributed by atoms with Crippen molar-refractivity contribution in [3.8, 4) is 11.5 Å². The lowest BCUT2D eigenvalue weighted by molar-refractivity contribution is -0.122. The van der Waals surface area contributed by atoms with E-state index in [-0.39, 0.29) is 52.9 Å². The summed E-state index contributed by atoms with van der Waals surface area (Å²) < 4.78 is 38.4. The number of Topliss-reactive ketones (excluding diaryl/α,β-unsaturated/α-hetero) is 1. The van der Waals surface area contributed by atoms with Gasteiger partial charge >= 0.3 is 0 Å². The Morgan fingerprint density at radius 2 is 1.07 bits per heavy atom. The Labute approximate surface area is 351 Å². The summed E-state index contributed by atoms with van der Waals surface area (Å²) in [6.45, 7) is 7.40. The van der Waals surface area contributed by atoms with Crippen LogP contribution in [-0.4, -0.2) is 145 Å². The summed E-state index contributed by atoms with van der Waals surface area (Å²) in [7, 11) is 1.47. The molecule has 3 aliphatic heterocycles. The van der Waals surface area contributed by atoms with Crippen LogP contribution in [0.15, 0.2) is 86.3 Å². The van der Waals surface area contributed by atoms with Crippen LogP contribution in [0.2, 0.25) is 0 Å². The second-order valence-corrected chi connectivity index (χ2v) is 15.5. The molecular formula is C42H47N3O12S2. The first-order valence-electron chi connectivity index (χ1n) is 19.2. The number of ether oxygens (including phenoxy) is 7. The Kier molecular flexibility index (Phi) is 16.4. The van der Waals surface area contributed by atoms with Crippen LogP contribution >= 0.6 is 23.5 Å². The van der Waals surface area contributed by atoms with Gasteiger partial charge in [0.25, 0.3) is 23.6 Å². The van der Waals surface area contributed by atoms with E-state index in [1.54, 1.807) is 76.5 Å². The van der Waals surface area contributed by atoms with Crippen molar-refractivity contribution in [1.29, 1.82) is 0 Å². The molecule has 314 valence electrons. The molecule has 3 aliphatic rings. The Morgan fingerprint density at radius 1 is 0.610 bits per heavy atom. The molecule has 2 saturated heterocycles. The molecule has 59 heavy (non-hydrogen) atoms. The highest BCUT2D eigenvalue weighted by Gasteiger charge is 2.41. The first kappa shape index (κ1) is 43.8. The predicted molar refractivity (Wildman–Crippen MR) is 219 cm³/mol. The highest BCUT2D eigenvalue weighted by atomic mass is 32.2. The topological polar surface area (TPSA) is 160 Å². The van der Waals surface area contributed by atoms with E-state index < -0.39 is 11.8 Å². The number of rotatable bonds is 20. The minimum Gasteiger partial charge on any atom is -0.493 e. The number of imide groups is 1. The third kappa shape index (κ3) is 11.9. The molecule has 0 aromatic heterocycles. The van der Waals surface area contributed by atoms with E-state index in [0.717, 1.165) is 28.4 Å². The van der Waals surface area contributed by atoms with E-state index in [2.05, 4.69) is 0 Å². The van der Waals surface area contributed by atoms with Crippen LogP contribution in [-0.2, 0) is 38.1 Å². The van der Waals surface area contributed by atoms with Gasteiger partial charge in [0.2, 0.25) is 0 Å². The smallest absolute Gasteiger partial charge is 0.273 e. The summed E-state index contributed by atoms with van der Waals surface area (Å²) in [4.78, 5) is 72.0. The molecule has 0 atom stereocenters. The minimum atomic E-state index is -0.521. The number of methoxy groups -OCH3 is 1. The summed E-state index contributed by atoms with van der Waals surface area (Å²) in [5.74, 6) is -0.573. The fraction of sp³-hybridized carbons (Fsp3) is 0.405. The molecule has 0 aliphatic carbocycles. The number of ketones is 1. The number of morpholine rings is 2. The quantitative estimate of drug-likeness (QED) is 0.117. The first-order chi connectivity index (χ1) is 28.7. The Bertz CT molecular complexity index is 1880. The van der Waals surface area contributed by atoms with Crippen LogP contribution in [0.1, 0.15) is 27.6 Å². The Hall–Kier alpha value is -4.75. The molecule has 3 aromatic rings. The maximum Gasteiger partial charge on any atom is 0.273 e. The van der Waals surface area contributed by atoms with Gasteiger partial charge in [0.1, 0.15) is 13.2 Å². The van der Waals surface area contributed by atoms with Gasteiger partial charge in [-0.25, -0.2) is 4.90 Å². The van der Waals surface area contributed by atoms with Crippen LogP contribution in [0, 0.1) is 0 Å². The van der Waals surface area contributed by atoms with Gasteiger partial charge in [0.05, 0.1) is 82.1 Å². The van der Waals surface area contributed by atoms with Gasteiger partial charge in [-0.15, -0.1) is 0 Å². The van der Waals surface area contributed by atoms with Gasteiger partial charge in [-0.2, -0.15) is 0 Å². The summed E-state index contributed by atoms with van der Waals surface area (Å²) in [5, 5.41) is 0. The predicted octanol–water partition coefficient (Wildman–Crippen LogP) is 4.33. The zero-order valence-electron chi connectivity index (χ0n) is 33.0. The van der Waals surface area contributed by atoms with E-state index in [4.69, 9.17) is 33.2 Å². The number of carbonyl (C=O) groups excluding carboxylic acids is 5. The molecule has 17 heteroatoms. The minimum absolute atomic E-state index is 0.0425. The molecule has 2 fully saturated rings. The average molecular weight is 850 g/mol. The zero-order valence-corrected chi connectivity index (χ0v) is 34.6. The van der Waals surface area contributed by atoms with Crippen molar-refractivity contribution in [2.45, 2.75) is 16.7 Å². The highest BCUT2D eigenvalue weighted by molar-refractivity contribution is 8.08. The molecule has 0 saturated carbocycles. The molecule has 3 aromatic carbocycles. The van der Waals surface area contributed by atoms with Crippen molar-refractivity contribution in [2.24, 2.45) is 0 Å². The molecule has 0 radical (unpaired) electrons. The van der Waals surface area contributed by atoms with E-state index in [1.807, 2.05) is 0 Å². The van der Waals surface area contributed by atoms with Gasteiger partial charge in [0, 0.05) is 53.2 Å². The van der Waals surface area contributed by atoms with Crippen molar-refractivity contribution >= 4 is 58.6 Å². The number of hydrogen-bond donors (Lipinski definition) is 0. The standard InChI is InChI=1S/C42H47N3O12S2/c1-29(46)28-56-24-23-54-21-22-55-25-26-57-35-12-7-32(27-36(35)51-2)45-41(49)37(58-33-8-3-30(4-9-33)39(47)43-13-17-52-18-14-43)38(42(45)50)59-34-10-5-31(6-11-34)40(48)44-15-19-53-20-16-44/h3-12,27H,13-26,28H2,1-2H3. The van der Waals surface area contributed by atoms with E-state index >= 15 is 0 Å². The molecular weight excluding hydrogens is 803 g/mol. The molecule has 0 unspecified atom stereocenters. The van der Waals surface area contributed by atoms with Crippen molar-refractivity contribution in [3.05, 3.63) is 87.7 Å². The molecule has 15 nitrogen and oxygen atoms in total. The maximum absolute atomic E-state index is 14.3. The number of thioether (sulfide) groups is 2. The highest BCUT2D eigenvalue weighted by Crippen LogP contribution is 2.45. The normalized spacial score (nSPS) is 15.9. The van der Waals surface area contributed by atoms with Crippen molar-refractivity contribution in [2.75, 3.05) is 111 Å². The molecule has 0 bridgehead atoms. The van der Waals surface area contributed by atoms with Gasteiger partial charge < -0.3 is 43.0 Å². The van der Waals surface area contributed by atoms with E-state index in [0.29, 0.717) is 111 Å². The number of carbonyl (C=O) groups is 5. The average Bonchev–Trinajstić information content (AvgIpc) is 3.49. The van der Waals surface area contributed by atoms with Gasteiger partial charge in [-0.05, 0) is 67.6 Å². The van der Waals surface area contributed by atoms with Crippen LogP contribution < -0.4 is 14.4 Å². The summed E-state index contributed by atoms with van der Waals surface area (Å²) in [6, 6.07) is 18.7. The van der Waals surface area contributed by atoms with Gasteiger partial charge in [-0.3, -0.25) is 24.0 Å². The second-order valence-electron chi connectivity index (χ2n) is 13.3. The number of amides is 4. The van der Waals surface area contributed by atoms with Crippen LogP contribution in [0.4, 0.5) is 5.69 Å². The van der Waals surface area contributed by atoms with E-state index in [9.17, 15) is 24.0 Å². The van der Waals surface area contributed by atoms with Crippen LogP contribution in [0.25, 0.3) is 0 Å². The van der Waals surface area contributed by atoms with Crippen molar-refractivity contribution in [3.63, 3.8) is 0 Å². The fourth-order valence-electron chi connectivity index (χ4n) is 6.15. The lowest BCUT2D eigenvalue weighted by Crippen LogP contribution is -2.40. The van der Waals surface area contributed by atoms with Crippen LogP contribution in [0.3, 0.4) is 0 Å². The number of hydrogen-bond acceptors (Lipinski definition) is 14. The SMILES string of the molecule is COc1cc(N2C(=O)C(Sc3ccc(C(=O)N4CCOCC4)cc3)=C(Sc3ccc(C(=O)N4CCOCC4)cc3)C2=O)ccc1OCCOCCOCCOCC(C)=O. The number of benzene rings is 3. The Balaban J connectivity index is 1.13. The molecule has 3 heterocycles. The van der Waals surface area contributed by atoms with Crippen LogP contribution in [0.5, 0.6) is 11.5 Å². The largest absolute Gasteiger partial charge is 0.493 e. The maximum atomic E-state index is 14.3. The third-order valence-corrected chi connectivity index (χ3v) is 11.5. The zero-order chi connectivity index (χ0) is 41.6. The second kappa shape index (κ2) is 22.0. The summed E-state index contributed by atoms with van der Waals surface area (Å²) in [5.41, 5.74) is 1.32.